The number of nitriles is 1. The SMILES string of the molecule is N#Cc1ccc(NC(=O)C2CCN(S(=O)(=O)c3ccc(Cl)c(C(F)(F)F)c3)CC2)cc1. The maximum Gasteiger partial charge on any atom is 0.417 e. The van der Waals surface area contributed by atoms with Crippen LogP contribution in [0.3, 0.4) is 0 Å². The number of carbonyl (C=O) groups is 1. The molecule has 31 heavy (non-hydrogen) atoms. The van der Waals surface area contributed by atoms with E-state index in [0.717, 1.165) is 16.4 Å². The zero-order valence-corrected chi connectivity index (χ0v) is 17.6. The van der Waals surface area contributed by atoms with Crippen molar-refractivity contribution in [2.75, 3.05) is 18.4 Å². The molecule has 0 aromatic heterocycles. The highest BCUT2D eigenvalue weighted by Crippen LogP contribution is 2.36. The number of hydrogen-bond donors (Lipinski definition) is 1. The van der Waals surface area contributed by atoms with Crippen molar-refractivity contribution in [1.82, 2.24) is 4.31 Å². The third kappa shape index (κ3) is 5.18. The predicted octanol–water partition coefficient (Wildman–Crippen LogP) is 4.27. The number of piperidine rings is 1. The van der Waals surface area contributed by atoms with Gasteiger partial charge in [0, 0.05) is 24.7 Å². The number of alkyl halides is 3. The van der Waals surface area contributed by atoms with Crippen LogP contribution in [0.5, 0.6) is 0 Å². The predicted molar refractivity (Wildman–Crippen MR) is 108 cm³/mol. The molecule has 2 aromatic carbocycles. The standard InChI is InChI=1S/C20H17ClF3N3O3S/c21-18-6-5-16(11-17(18)20(22,23)24)31(29,30)27-9-7-14(8-10-27)19(28)26-15-3-1-13(12-25)2-4-15/h1-6,11,14H,7-10H2,(H,26,28). The Hall–Kier alpha value is -2.61. The lowest BCUT2D eigenvalue weighted by Crippen LogP contribution is -2.41. The minimum atomic E-state index is -4.78. The first-order chi connectivity index (χ1) is 14.5. The normalized spacial score (nSPS) is 16.0. The van der Waals surface area contributed by atoms with Crippen molar-refractivity contribution in [3.8, 4) is 6.07 Å². The van der Waals surface area contributed by atoms with Gasteiger partial charge in [0.15, 0.2) is 0 Å². The van der Waals surface area contributed by atoms with Gasteiger partial charge in [-0.1, -0.05) is 11.6 Å². The van der Waals surface area contributed by atoms with Crippen LogP contribution in [0, 0.1) is 17.2 Å². The Balaban J connectivity index is 1.67. The molecule has 164 valence electrons. The highest BCUT2D eigenvalue weighted by molar-refractivity contribution is 7.89. The van der Waals surface area contributed by atoms with Crippen molar-refractivity contribution >= 4 is 33.2 Å². The van der Waals surface area contributed by atoms with Crippen molar-refractivity contribution in [3.05, 3.63) is 58.6 Å². The molecule has 1 N–H and O–H groups in total. The van der Waals surface area contributed by atoms with Crippen LogP contribution in [-0.4, -0.2) is 31.7 Å². The molecular weight excluding hydrogens is 455 g/mol. The number of rotatable bonds is 4. The number of halogens is 4. The largest absolute Gasteiger partial charge is 0.417 e. The van der Waals surface area contributed by atoms with Gasteiger partial charge in [-0.3, -0.25) is 4.79 Å². The quantitative estimate of drug-likeness (QED) is 0.721. The van der Waals surface area contributed by atoms with Crippen LogP contribution in [0.15, 0.2) is 47.4 Å². The van der Waals surface area contributed by atoms with Gasteiger partial charge in [0.1, 0.15) is 0 Å². The van der Waals surface area contributed by atoms with Gasteiger partial charge in [0.05, 0.1) is 27.1 Å². The third-order valence-corrected chi connectivity index (χ3v) is 7.21. The van der Waals surface area contributed by atoms with E-state index in [0.29, 0.717) is 17.3 Å². The molecular formula is C20H17ClF3N3O3S. The summed E-state index contributed by atoms with van der Waals surface area (Å²) in [5.74, 6) is -0.731. The first-order valence-electron chi connectivity index (χ1n) is 9.20. The lowest BCUT2D eigenvalue weighted by atomic mass is 9.97. The fourth-order valence-electron chi connectivity index (χ4n) is 3.26. The number of anilines is 1. The van der Waals surface area contributed by atoms with Crippen molar-refractivity contribution in [3.63, 3.8) is 0 Å². The van der Waals surface area contributed by atoms with E-state index in [9.17, 15) is 26.4 Å². The van der Waals surface area contributed by atoms with E-state index >= 15 is 0 Å². The minimum Gasteiger partial charge on any atom is -0.326 e. The van der Waals surface area contributed by atoms with Crippen LogP contribution in [-0.2, 0) is 21.0 Å². The molecule has 0 atom stereocenters. The highest BCUT2D eigenvalue weighted by atomic mass is 35.5. The van der Waals surface area contributed by atoms with E-state index in [1.54, 1.807) is 24.3 Å². The Kier molecular flexibility index (Phi) is 6.59. The Labute approximate surface area is 182 Å². The van der Waals surface area contributed by atoms with Crippen molar-refractivity contribution in [1.29, 1.82) is 5.26 Å². The Morgan fingerprint density at radius 2 is 1.74 bits per heavy atom. The van der Waals surface area contributed by atoms with E-state index in [2.05, 4.69) is 5.32 Å². The summed E-state index contributed by atoms with van der Waals surface area (Å²) in [7, 11) is -4.16. The van der Waals surface area contributed by atoms with Gasteiger partial charge >= 0.3 is 6.18 Å². The van der Waals surface area contributed by atoms with E-state index in [1.807, 2.05) is 6.07 Å². The third-order valence-electron chi connectivity index (χ3n) is 4.99. The molecule has 2 aromatic rings. The number of sulfonamides is 1. The van der Waals surface area contributed by atoms with Crippen LogP contribution in [0.4, 0.5) is 18.9 Å². The van der Waals surface area contributed by atoms with Gasteiger partial charge in [-0.15, -0.1) is 0 Å². The van der Waals surface area contributed by atoms with Crippen molar-refractivity contribution < 1.29 is 26.4 Å². The Morgan fingerprint density at radius 3 is 2.29 bits per heavy atom. The molecule has 0 aliphatic carbocycles. The molecule has 0 unspecified atom stereocenters. The maximum atomic E-state index is 13.1. The molecule has 0 bridgehead atoms. The van der Waals surface area contributed by atoms with E-state index in [1.165, 1.54) is 0 Å². The molecule has 1 fully saturated rings. The fraction of sp³-hybridized carbons (Fsp3) is 0.300. The summed E-state index contributed by atoms with van der Waals surface area (Å²) in [5, 5.41) is 10.9. The monoisotopic (exact) mass is 471 g/mol. The van der Waals surface area contributed by atoms with Gasteiger partial charge in [-0.2, -0.15) is 22.7 Å². The van der Waals surface area contributed by atoms with Gasteiger partial charge in [-0.05, 0) is 55.3 Å². The fourth-order valence-corrected chi connectivity index (χ4v) is 4.98. The molecule has 0 spiro atoms. The van der Waals surface area contributed by atoms with Gasteiger partial charge < -0.3 is 5.32 Å². The van der Waals surface area contributed by atoms with Crippen LogP contribution in [0.25, 0.3) is 0 Å². The number of carbonyl (C=O) groups excluding carboxylic acids is 1. The van der Waals surface area contributed by atoms with E-state index in [4.69, 9.17) is 16.9 Å². The average molecular weight is 472 g/mol. The lowest BCUT2D eigenvalue weighted by Gasteiger charge is -2.30. The van der Waals surface area contributed by atoms with Crippen molar-refractivity contribution in [2.45, 2.75) is 23.9 Å². The molecule has 0 radical (unpaired) electrons. The topological polar surface area (TPSA) is 90.3 Å². The summed E-state index contributed by atoms with van der Waals surface area (Å²) >= 11 is 5.57. The zero-order chi connectivity index (χ0) is 22.8. The first-order valence-corrected chi connectivity index (χ1v) is 11.0. The molecule has 6 nitrogen and oxygen atoms in total. The molecule has 0 saturated carbocycles. The molecule has 1 aliphatic rings. The minimum absolute atomic E-state index is 0.00221. The summed E-state index contributed by atoms with van der Waals surface area (Å²) in [6.45, 7) is -0.00443. The molecule has 1 heterocycles. The molecule has 11 heteroatoms. The second kappa shape index (κ2) is 8.86. The summed E-state index contributed by atoms with van der Waals surface area (Å²) in [4.78, 5) is 12.0. The number of nitrogens with zero attached hydrogens (tertiary/aromatic N) is 2. The zero-order valence-electron chi connectivity index (χ0n) is 16.0. The second-order valence-electron chi connectivity index (χ2n) is 7.00. The second-order valence-corrected chi connectivity index (χ2v) is 9.34. The smallest absolute Gasteiger partial charge is 0.326 e. The average Bonchev–Trinajstić information content (AvgIpc) is 2.73. The number of benzene rings is 2. The molecule has 1 amide bonds. The molecule has 1 aliphatic heterocycles. The van der Waals surface area contributed by atoms with Crippen molar-refractivity contribution in [2.24, 2.45) is 5.92 Å². The van der Waals surface area contributed by atoms with Crippen LogP contribution < -0.4 is 5.32 Å². The van der Waals surface area contributed by atoms with Crippen LogP contribution in [0.2, 0.25) is 5.02 Å². The number of nitrogens with one attached hydrogen (secondary N) is 1. The number of amides is 1. The van der Waals surface area contributed by atoms with Gasteiger partial charge in [0.25, 0.3) is 0 Å². The highest BCUT2D eigenvalue weighted by Gasteiger charge is 2.37. The molecule has 1 saturated heterocycles. The Morgan fingerprint density at radius 1 is 1.13 bits per heavy atom. The van der Waals surface area contributed by atoms with Gasteiger partial charge in [-0.25, -0.2) is 8.42 Å². The maximum absolute atomic E-state index is 13.1. The lowest BCUT2D eigenvalue weighted by molar-refractivity contribution is -0.137. The summed E-state index contributed by atoms with van der Waals surface area (Å²) < 4.78 is 65.9. The van der Waals surface area contributed by atoms with E-state index in [-0.39, 0.29) is 31.8 Å². The van der Waals surface area contributed by atoms with Gasteiger partial charge in [0.2, 0.25) is 15.9 Å². The van der Waals surface area contributed by atoms with Crippen LogP contribution >= 0.6 is 11.6 Å². The number of hydrogen-bond acceptors (Lipinski definition) is 4. The Bertz CT molecular complexity index is 1120. The summed E-state index contributed by atoms with van der Waals surface area (Å²) in [6, 6.07) is 10.8. The first kappa shape index (κ1) is 23.1. The van der Waals surface area contributed by atoms with E-state index < -0.39 is 37.6 Å². The van der Waals surface area contributed by atoms with Crippen LogP contribution in [0.1, 0.15) is 24.0 Å². The summed E-state index contributed by atoms with van der Waals surface area (Å²) in [6.07, 6.45) is -4.33. The summed E-state index contributed by atoms with van der Waals surface area (Å²) in [5.41, 5.74) is -0.251. The molecule has 3 rings (SSSR count).